The highest BCUT2D eigenvalue weighted by molar-refractivity contribution is 7.87. The number of hydrogen-bond acceptors (Lipinski definition) is 10. The molecule has 0 radical (unpaired) electrons. The van der Waals surface area contributed by atoms with E-state index in [9.17, 15) is 26.0 Å². The molecule has 6 atom stereocenters. The number of rotatable bonds is 19. The summed E-state index contributed by atoms with van der Waals surface area (Å²) in [6.07, 6.45) is 2.18. The van der Waals surface area contributed by atoms with Crippen LogP contribution in [0.4, 0.5) is 0 Å². The SMILES string of the molecule is CCOS(=O)(=O)C(C)OC(C)(CC)[P+](=O)CCCC[P+](=O)C(C)(CC)OC(C)S(=O)(=O)OCC. The lowest BCUT2D eigenvalue weighted by molar-refractivity contribution is 0.00983. The first kappa shape index (κ1) is 33.9. The number of hydrogen-bond donors (Lipinski definition) is 0. The molecule has 0 aliphatic heterocycles. The van der Waals surface area contributed by atoms with Crippen molar-refractivity contribution in [2.75, 3.05) is 25.5 Å². The second-order valence-electron chi connectivity index (χ2n) is 8.14. The molecule has 14 heteroatoms. The third-order valence-corrected chi connectivity index (χ3v) is 12.9. The minimum absolute atomic E-state index is 0.0140. The molecule has 202 valence electrons. The summed E-state index contributed by atoms with van der Waals surface area (Å²) in [4.78, 5) is 0. The molecule has 0 heterocycles. The van der Waals surface area contributed by atoms with E-state index in [-0.39, 0.29) is 25.5 Å². The van der Waals surface area contributed by atoms with Gasteiger partial charge in [-0.05, 0) is 40.5 Å². The van der Waals surface area contributed by atoms with E-state index in [0.717, 1.165) is 0 Å². The van der Waals surface area contributed by atoms with Gasteiger partial charge in [0.15, 0.2) is 10.9 Å². The molecule has 0 aromatic rings. The third-order valence-electron chi connectivity index (χ3n) is 5.56. The normalized spacial score (nSPS) is 19.1. The van der Waals surface area contributed by atoms with E-state index >= 15 is 0 Å². The summed E-state index contributed by atoms with van der Waals surface area (Å²) >= 11 is 0. The maximum Gasteiger partial charge on any atom is 0.373 e. The first-order valence-corrected chi connectivity index (χ1v) is 17.4. The minimum Gasteiger partial charge on any atom is -0.311 e. The lowest BCUT2D eigenvalue weighted by Gasteiger charge is -2.23. The van der Waals surface area contributed by atoms with Gasteiger partial charge in [-0.3, -0.25) is 8.37 Å². The molecule has 0 amide bonds. The van der Waals surface area contributed by atoms with Crippen molar-refractivity contribution in [2.45, 2.75) is 103 Å². The largest absolute Gasteiger partial charge is 0.373 e. The minimum atomic E-state index is -3.92. The van der Waals surface area contributed by atoms with Crippen LogP contribution in [0.25, 0.3) is 0 Å². The summed E-state index contributed by atoms with van der Waals surface area (Å²) in [6.45, 7) is 12.6. The van der Waals surface area contributed by atoms with Crippen LogP contribution in [-0.2, 0) is 47.2 Å². The van der Waals surface area contributed by atoms with Gasteiger partial charge in [-0.2, -0.15) is 16.8 Å². The van der Waals surface area contributed by atoms with Crippen LogP contribution in [-0.4, -0.2) is 63.9 Å². The lowest BCUT2D eigenvalue weighted by atomic mass is 10.3. The molecule has 0 fully saturated rings. The van der Waals surface area contributed by atoms with Crippen LogP contribution in [0.5, 0.6) is 0 Å². The van der Waals surface area contributed by atoms with Gasteiger partial charge < -0.3 is 9.47 Å². The summed E-state index contributed by atoms with van der Waals surface area (Å²) in [5.74, 6) is 0. The van der Waals surface area contributed by atoms with Gasteiger partial charge in [0.2, 0.25) is 0 Å². The Morgan fingerprint density at radius 2 is 0.971 bits per heavy atom. The van der Waals surface area contributed by atoms with Crippen LogP contribution < -0.4 is 0 Å². The van der Waals surface area contributed by atoms with Crippen molar-refractivity contribution in [1.29, 1.82) is 0 Å². The van der Waals surface area contributed by atoms with Crippen molar-refractivity contribution in [3.05, 3.63) is 0 Å². The lowest BCUT2D eigenvalue weighted by Crippen LogP contribution is -2.34. The van der Waals surface area contributed by atoms with Crippen molar-refractivity contribution in [3.8, 4) is 0 Å². The van der Waals surface area contributed by atoms with Crippen LogP contribution in [0.1, 0.15) is 81.1 Å². The Hall–Kier alpha value is -0.0600. The van der Waals surface area contributed by atoms with Gasteiger partial charge in [0.1, 0.15) is 12.3 Å². The Morgan fingerprint density at radius 1 is 0.676 bits per heavy atom. The second-order valence-corrected chi connectivity index (χ2v) is 16.2. The van der Waals surface area contributed by atoms with Crippen molar-refractivity contribution < 1.29 is 43.8 Å². The maximum absolute atomic E-state index is 12.9. The molecule has 0 saturated carbocycles. The first-order chi connectivity index (χ1) is 15.5. The van der Waals surface area contributed by atoms with E-state index in [1.54, 1.807) is 41.5 Å². The van der Waals surface area contributed by atoms with Crippen molar-refractivity contribution in [3.63, 3.8) is 0 Å². The van der Waals surface area contributed by atoms with E-state index in [2.05, 4.69) is 0 Å². The van der Waals surface area contributed by atoms with Crippen LogP contribution in [0, 0.1) is 0 Å². The molecule has 0 aromatic heterocycles. The molecule has 34 heavy (non-hydrogen) atoms. The van der Waals surface area contributed by atoms with Gasteiger partial charge in [0, 0.05) is 26.7 Å². The Morgan fingerprint density at radius 3 is 1.21 bits per heavy atom. The summed E-state index contributed by atoms with van der Waals surface area (Å²) in [5, 5.41) is -2.30. The van der Waals surface area contributed by atoms with E-state index in [0.29, 0.717) is 25.7 Å². The van der Waals surface area contributed by atoms with Gasteiger partial charge >= 0.3 is 15.6 Å². The fourth-order valence-corrected chi connectivity index (χ4v) is 8.04. The van der Waals surface area contributed by atoms with Crippen LogP contribution in [0.2, 0.25) is 0 Å². The zero-order valence-electron chi connectivity index (χ0n) is 21.6. The van der Waals surface area contributed by atoms with E-state index in [4.69, 9.17) is 17.8 Å². The summed E-state index contributed by atoms with van der Waals surface area (Å²) in [5.41, 5.74) is -2.52. The molecule has 0 bridgehead atoms. The van der Waals surface area contributed by atoms with E-state index in [1.807, 2.05) is 0 Å². The average Bonchev–Trinajstić information content (AvgIpc) is 2.75. The Bertz CT molecular complexity index is 806. The molecule has 0 saturated heterocycles. The molecule has 0 N–H and O–H groups in total. The quantitative estimate of drug-likeness (QED) is 0.117. The summed E-state index contributed by atoms with van der Waals surface area (Å²) in [6, 6.07) is 0. The van der Waals surface area contributed by atoms with Crippen LogP contribution >= 0.6 is 15.6 Å². The Kier molecular flexibility index (Phi) is 14.6. The van der Waals surface area contributed by atoms with Gasteiger partial charge in [0.25, 0.3) is 30.9 Å². The highest BCUT2D eigenvalue weighted by atomic mass is 32.2. The molecular formula is C20H42O10P2S2+2. The highest BCUT2D eigenvalue weighted by Crippen LogP contribution is 2.47. The standard InChI is InChI=1S/C20H42O10P2S2/c1-9-19(7,29-17(5)33(23,24)27-11-3)31(21)15-13-14-16-32(22)20(8,10-2)30-18(6)34(25,26)28-12-4/h17-18H,9-16H2,1-8H3/q+2. The molecule has 0 aliphatic carbocycles. The maximum atomic E-state index is 12.9. The zero-order chi connectivity index (χ0) is 26.8. The van der Waals surface area contributed by atoms with Gasteiger partial charge in [-0.1, -0.05) is 23.0 Å². The summed E-state index contributed by atoms with van der Waals surface area (Å²) < 4.78 is 94.9. The van der Waals surface area contributed by atoms with Crippen molar-refractivity contribution >= 4 is 35.8 Å². The van der Waals surface area contributed by atoms with Gasteiger partial charge in [0.05, 0.1) is 13.2 Å². The molecule has 6 unspecified atom stereocenters. The zero-order valence-corrected chi connectivity index (χ0v) is 25.0. The third kappa shape index (κ3) is 10.1. The second kappa shape index (κ2) is 14.6. The molecule has 0 aliphatic rings. The Balaban J connectivity index is 4.96. The van der Waals surface area contributed by atoms with Crippen LogP contribution in [0.3, 0.4) is 0 Å². The van der Waals surface area contributed by atoms with E-state index < -0.39 is 57.4 Å². The Labute approximate surface area is 207 Å². The molecule has 0 rings (SSSR count). The van der Waals surface area contributed by atoms with Gasteiger partial charge in [-0.15, -0.1) is 0 Å². The fraction of sp³-hybridized carbons (Fsp3) is 1.00. The van der Waals surface area contributed by atoms with Gasteiger partial charge in [-0.25, -0.2) is 0 Å². The topological polar surface area (TPSA) is 139 Å². The molecule has 10 nitrogen and oxygen atoms in total. The number of unbranched alkanes of at least 4 members (excludes halogenated alkanes) is 1. The highest BCUT2D eigenvalue weighted by Gasteiger charge is 2.48. The molecular weight excluding hydrogens is 526 g/mol. The van der Waals surface area contributed by atoms with E-state index in [1.165, 1.54) is 13.8 Å². The fourth-order valence-electron chi connectivity index (χ4n) is 2.97. The van der Waals surface area contributed by atoms with Crippen LogP contribution in [0.15, 0.2) is 0 Å². The first-order valence-electron chi connectivity index (χ1n) is 11.6. The molecule has 0 aromatic carbocycles. The van der Waals surface area contributed by atoms with Crippen molar-refractivity contribution in [1.82, 2.24) is 0 Å². The summed E-state index contributed by atoms with van der Waals surface area (Å²) in [7, 11) is -11.7. The monoisotopic (exact) mass is 568 g/mol. The predicted molar refractivity (Wildman–Crippen MR) is 134 cm³/mol. The van der Waals surface area contributed by atoms with Crippen molar-refractivity contribution in [2.24, 2.45) is 0 Å². The molecule has 0 spiro atoms. The number of ether oxygens (including phenoxy) is 2. The average molecular weight is 569 g/mol. The predicted octanol–water partition coefficient (Wildman–Crippen LogP) is 5.13. The smallest absolute Gasteiger partial charge is 0.311 e.